The van der Waals surface area contributed by atoms with Crippen LogP contribution in [-0.2, 0) is 4.79 Å². The van der Waals surface area contributed by atoms with Crippen molar-refractivity contribution in [1.82, 2.24) is 5.32 Å². The third-order valence-electron chi connectivity index (χ3n) is 2.47. The molecule has 1 aromatic heterocycles. The highest BCUT2D eigenvalue weighted by Gasteiger charge is 2.16. The Balaban J connectivity index is 2.72. The minimum absolute atomic E-state index is 0.0601. The molecule has 2 unspecified atom stereocenters. The summed E-state index contributed by atoms with van der Waals surface area (Å²) >= 11 is 0. The van der Waals surface area contributed by atoms with Gasteiger partial charge in [0.05, 0.1) is 6.04 Å². The van der Waals surface area contributed by atoms with E-state index < -0.39 is 0 Å². The standard InChI is InChI=1S/C11H18N2O2/c1-6-5-10(9(4)15-6)7(2)13-8(3)11(12)14/h5,7-8,13H,1-4H3,(H2,12,14). The fourth-order valence-electron chi connectivity index (χ4n) is 1.63. The molecule has 0 aliphatic rings. The van der Waals surface area contributed by atoms with Crippen LogP contribution in [-0.4, -0.2) is 11.9 Å². The normalized spacial score (nSPS) is 14.9. The van der Waals surface area contributed by atoms with Crippen molar-refractivity contribution in [3.63, 3.8) is 0 Å². The maximum atomic E-state index is 10.9. The van der Waals surface area contributed by atoms with Gasteiger partial charge in [-0.1, -0.05) is 0 Å². The summed E-state index contributed by atoms with van der Waals surface area (Å²) in [5, 5.41) is 3.12. The predicted molar refractivity (Wildman–Crippen MR) is 58.4 cm³/mol. The molecule has 4 nitrogen and oxygen atoms in total. The fraction of sp³-hybridized carbons (Fsp3) is 0.545. The first-order chi connectivity index (χ1) is 6.91. The van der Waals surface area contributed by atoms with Crippen LogP contribution in [0.25, 0.3) is 0 Å². The van der Waals surface area contributed by atoms with Gasteiger partial charge in [0.2, 0.25) is 5.91 Å². The van der Waals surface area contributed by atoms with Crippen LogP contribution in [0.15, 0.2) is 10.5 Å². The van der Waals surface area contributed by atoms with E-state index in [1.54, 1.807) is 6.92 Å². The molecule has 1 rings (SSSR count). The molecular formula is C11H18N2O2. The highest BCUT2D eigenvalue weighted by atomic mass is 16.3. The SMILES string of the molecule is Cc1cc(C(C)NC(C)C(N)=O)c(C)o1. The van der Waals surface area contributed by atoms with Gasteiger partial charge in [-0.2, -0.15) is 0 Å². The van der Waals surface area contributed by atoms with Crippen LogP contribution >= 0.6 is 0 Å². The van der Waals surface area contributed by atoms with E-state index in [1.807, 2.05) is 26.8 Å². The molecule has 1 heterocycles. The molecule has 0 saturated heterocycles. The Morgan fingerprint density at radius 3 is 2.47 bits per heavy atom. The number of rotatable bonds is 4. The van der Waals surface area contributed by atoms with Crippen molar-refractivity contribution < 1.29 is 9.21 Å². The number of furan rings is 1. The second kappa shape index (κ2) is 4.49. The zero-order valence-electron chi connectivity index (χ0n) is 9.63. The van der Waals surface area contributed by atoms with Crippen molar-refractivity contribution in [1.29, 1.82) is 0 Å². The molecule has 0 aliphatic heterocycles. The van der Waals surface area contributed by atoms with Gasteiger partial charge in [0, 0.05) is 11.6 Å². The molecular weight excluding hydrogens is 192 g/mol. The van der Waals surface area contributed by atoms with Gasteiger partial charge < -0.3 is 10.2 Å². The summed E-state index contributed by atoms with van der Waals surface area (Å²) in [5.41, 5.74) is 6.25. The molecule has 2 atom stereocenters. The van der Waals surface area contributed by atoms with Gasteiger partial charge in [-0.05, 0) is 33.8 Å². The van der Waals surface area contributed by atoms with Gasteiger partial charge in [-0.25, -0.2) is 0 Å². The van der Waals surface area contributed by atoms with Crippen LogP contribution in [0.4, 0.5) is 0 Å². The lowest BCUT2D eigenvalue weighted by molar-refractivity contribution is -0.119. The van der Waals surface area contributed by atoms with Gasteiger partial charge >= 0.3 is 0 Å². The lowest BCUT2D eigenvalue weighted by Gasteiger charge is -2.16. The molecule has 0 spiro atoms. The van der Waals surface area contributed by atoms with Crippen molar-refractivity contribution in [2.45, 2.75) is 39.8 Å². The minimum atomic E-state index is -0.347. The molecule has 0 aliphatic carbocycles. The van der Waals surface area contributed by atoms with Crippen molar-refractivity contribution in [3.8, 4) is 0 Å². The number of hydrogen-bond donors (Lipinski definition) is 2. The van der Waals surface area contributed by atoms with Crippen molar-refractivity contribution in [3.05, 3.63) is 23.2 Å². The maximum Gasteiger partial charge on any atom is 0.234 e. The van der Waals surface area contributed by atoms with Gasteiger partial charge in [0.1, 0.15) is 11.5 Å². The molecule has 3 N–H and O–H groups in total. The fourth-order valence-corrected chi connectivity index (χ4v) is 1.63. The largest absolute Gasteiger partial charge is 0.466 e. The molecule has 84 valence electrons. The number of aryl methyl sites for hydroxylation is 2. The highest BCUT2D eigenvalue weighted by molar-refractivity contribution is 5.79. The number of amides is 1. The smallest absolute Gasteiger partial charge is 0.234 e. The zero-order chi connectivity index (χ0) is 11.6. The molecule has 4 heteroatoms. The van der Waals surface area contributed by atoms with E-state index in [0.29, 0.717) is 0 Å². The molecule has 0 bridgehead atoms. The Hall–Kier alpha value is -1.29. The van der Waals surface area contributed by atoms with E-state index in [2.05, 4.69) is 5.32 Å². The topological polar surface area (TPSA) is 68.3 Å². The summed E-state index contributed by atoms with van der Waals surface area (Å²) in [7, 11) is 0. The summed E-state index contributed by atoms with van der Waals surface area (Å²) in [4.78, 5) is 10.9. The Morgan fingerprint density at radius 2 is 2.07 bits per heavy atom. The van der Waals surface area contributed by atoms with Crippen LogP contribution in [0.2, 0.25) is 0 Å². The second-order valence-electron chi connectivity index (χ2n) is 3.88. The van der Waals surface area contributed by atoms with Crippen molar-refractivity contribution in [2.75, 3.05) is 0 Å². The number of nitrogens with two attached hydrogens (primary N) is 1. The van der Waals surface area contributed by atoms with E-state index in [-0.39, 0.29) is 18.0 Å². The van der Waals surface area contributed by atoms with Crippen LogP contribution in [0.1, 0.15) is 37.0 Å². The van der Waals surface area contributed by atoms with Gasteiger partial charge in [0.15, 0.2) is 0 Å². The summed E-state index contributed by atoms with van der Waals surface area (Å²) in [6.07, 6.45) is 0. The number of nitrogens with one attached hydrogen (secondary N) is 1. The quantitative estimate of drug-likeness (QED) is 0.789. The Bertz CT molecular complexity index is 357. The molecule has 15 heavy (non-hydrogen) atoms. The van der Waals surface area contributed by atoms with Crippen molar-refractivity contribution in [2.24, 2.45) is 5.73 Å². The molecule has 0 fully saturated rings. The average Bonchev–Trinajstić information content (AvgIpc) is 2.44. The summed E-state index contributed by atoms with van der Waals surface area (Å²) in [5.74, 6) is 1.41. The lowest BCUT2D eigenvalue weighted by Crippen LogP contribution is -2.40. The monoisotopic (exact) mass is 210 g/mol. The number of carbonyl (C=O) groups is 1. The summed E-state index contributed by atoms with van der Waals surface area (Å²) in [6.45, 7) is 7.55. The molecule has 1 aromatic rings. The van der Waals surface area contributed by atoms with E-state index in [4.69, 9.17) is 10.2 Å². The predicted octanol–water partition coefficient (Wildman–Crippen LogP) is 1.42. The first kappa shape index (κ1) is 11.8. The van der Waals surface area contributed by atoms with Crippen LogP contribution in [0.3, 0.4) is 0 Å². The third kappa shape index (κ3) is 2.83. The van der Waals surface area contributed by atoms with Crippen LogP contribution in [0.5, 0.6) is 0 Å². The molecule has 0 aromatic carbocycles. The van der Waals surface area contributed by atoms with E-state index in [0.717, 1.165) is 17.1 Å². The van der Waals surface area contributed by atoms with E-state index in [9.17, 15) is 4.79 Å². The number of primary amides is 1. The lowest BCUT2D eigenvalue weighted by atomic mass is 10.1. The van der Waals surface area contributed by atoms with Gasteiger partial charge in [0.25, 0.3) is 0 Å². The summed E-state index contributed by atoms with van der Waals surface area (Å²) in [6, 6.07) is 1.69. The minimum Gasteiger partial charge on any atom is -0.466 e. The van der Waals surface area contributed by atoms with Crippen LogP contribution in [0, 0.1) is 13.8 Å². The Kier molecular flexibility index (Phi) is 3.52. The van der Waals surface area contributed by atoms with Crippen molar-refractivity contribution >= 4 is 5.91 Å². The molecule has 0 radical (unpaired) electrons. The average molecular weight is 210 g/mol. The maximum absolute atomic E-state index is 10.9. The second-order valence-corrected chi connectivity index (χ2v) is 3.88. The van der Waals surface area contributed by atoms with Gasteiger partial charge in [-0.15, -0.1) is 0 Å². The van der Waals surface area contributed by atoms with Gasteiger partial charge in [-0.3, -0.25) is 10.1 Å². The summed E-state index contributed by atoms with van der Waals surface area (Å²) < 4.78 is 5.42. The number of hydrogen-bond acceptors (Lipinski definition) is 3. The third-order valence-corrected chi connectivity index (χ3v) is 2.47. The molecule has 0 saturated carbocycles. The first-order valence-electron chi connectivity index (χ1n) is 5.04. The number of carbonyl (C=O) groups excluding carboxylic acids is 1. The molecule has 1 amide bonds. The first-order valence-corrected chi connectivity index (χ1v) is 5.04. The Labute approximate surface area is 89.8 Å². The highest BCUT2D eigenvalue weighted by Crippen LogP contribution is 2.21. The van der Waals surface area contributed by atoms with Crippen LogP contribution < -0.4 is 11.1 Å². The van der Waals surface area contributed by atoms with E-state index >= 15 is 0 Å². The Morgan fingerprint density at radius 1 is 1.47 bits per heavy atom. The zero-order valence-corrected chi connectivity index (χ0v) is 9.63. The van der Waals surface area contributed by atoms with E-state index in [1.165, 1.54) is 0 Å².